The second kappa shape index (κ2) is 7.54. The summed E-state index contributed by atoms with van der Waals surface area (Å²) in [6.07, 6.45) is 0.772. The molecule has 0 aliphatic heterocycles. The largest absolute Gasteiger partial charge is 0.336 e. The van der Waals surface area contributed by atoms with Gasteiger partial charge in [-0.15, -0.1) is 11.3 Å². The van der Waals surface area contributed by atoms with Crippen molar-refractivity contribution in [1.29, 1.82) is 0 Å². The molecule has 0 saturated carbocycles. The molecule has 0 saturated heterocycles. The predicted molar refractivity (Wildman–Crippen MR) is 107 cm³/mol. The second-order valence-corrected chi connectivity index (χ2v) is 9.65. The molecule has 1 N–H and O–H groups in total. The highest BCUT2D eigenvalue weighted by molar-refractivity contribution is 9.10. The maximum atomic E-state index is 12.8. The van der Waals surface area contributed by atoms with Gasteiger partial charge in [0.15, 0.2) is 0 Å². The molecule has 3 rings (SSSR count). The molecule has 5 nitrogen and oxygen atoms in total. The molecule has 0 aliphatic carbocycles. The van der Waals surface area contributed by atoms with Gasteiger partial charge in [0.05, 0.1) is 5.69 Å². The van der Waals surface area contributed by atoms with E-state index in [2.05, 4.69) is 50.1 Å². The molecule has 1 aromatic carbocycles. The third kappa shape index (κ3) is 4.02. The average Bonchev–Trinajstić information content (AvgIpc) is 3.20. The van der Waals surface area contributed by atoms with E-state index in [1.165, 1.54) is 22.5 Å². The average molecular weight is 455 g/mol. The summed E-state index contributed by atoms with van der Waals surface area (Å²) in [5, 5.41) is 5.56. The number of thiophene rings is 1. The highest BCUT2D eigenvalue weighted by atomic mass is 79.9. The summed E-state index contributed by atoms with van der Waals surface area (Å²) in [6.45, 7) is 5.82. The van der Waals surface area contributed by atoms with E-state index in [-0.39, 0.29) is 16.7 Å². The van der Waals surface area contributed by atoms with Crippen LogP contribution in [0.3, 0.4) is 0 Å². The summed E-state index contributed by atoms with van der Waals surface area (Å²) in [7, 11) is -3.76. The van der Waals surface area contributed by atoms with Crippen molar-refractivity contribution in [2.45, 2.75) is 38.0 Å². The molecular formula is C18H19BrN2O3S2. The van der Waals surface area contributed by atoms with Gasteiger partial charge in [0, 0.05) is 4.88 Å². The summed E-state index contributed by atoms with van der Waals surface area (Å²) >= 11 is 4.73. The van der Waals surface area contributed by atoms with Crippen LogP contribution in [0.5, 0.6) is 0 Å². The Hall–Kier alpha value is -1.64. The summed E-state index contributed by atoms with van der Waals surface area (Å²) in [5.74, 6) is 0.162. The van der Waals surface area contributed by atoms with Crippen molar-refractivity contribution in [2.24, 2.45) is 0 Å². The molecule has 1 unspecified atom stereocenters. The first-order valence-electron chi connectivity index (χ1n) is 8.05. The molecule has 0 spiro atoms. The Bertz CT molecular complexity index is 1010. The van der Waals surface area contributed by atoms with Gasteiger partial charge < -0.3 is 4.52 Å². The minimum atomic E-state index is -3.76. The third-order valence-electron chi connectivity index (χ3n) is 4.07. The molecule has 3 aromatic rings. The Morgan fingerprint density at radius 3 is 2.54 bits per heavy atom. The number of halogens is 1. The smallest absolute Gasteiger partial charge is 0.265 e. The van der Waals surface area contributed by atoms with E-state index < -0.39 is 10.0 Å². The molecule has 0 radical (unpaired) electrons. The number of sulfonamides is 1. The van der Waals surface area contributed by atoms with Crippen LogP contribution in [0.2, 0.25) is 0 Å². The van der Waals surface area contributed by atoms with Crippen LogP contribution in [0.4, 0.5) is 5.88 Å². The van der Waals surface area contributed by atoms with Crippen molar-refractivity contribution in [3.63, 3.8) is 0 Å². The molecule has 0 bridgehead atoms. The van der Waals surface area contributed by atoms with Crippen LogP contribution in [-0.2, 0) is 16.4 Å². The topological polar surface area (TPSA) is 72.2 Å². The van der Waals surface area contributed by atoms with Crippen LogP contribution in [0, 0.1) is 13.8 Å². The fourth-order valence-electron chi connectivity index (χ4n) is 2.66. The molecular weight excluding hydrogens is 436 g/mol. The molecule has 0 amide bonds. The number of anilines is 1. The van der Waals surface area contributed by atoms with E-state index in [1.54, 1.807) is 18.4 Å². The molecule has 1 atom stereocenters. The first-order valence-corrected chi connectivity index (χ1v) is 11.2. The van der Waals surface area contributed by atoms with Crippen LogP contribution in [0.15, 0.2) is 49.6 Å². The van der Waals surface area contributed by atoms with E-state index in [0.29, 0.717) is 10.2 Å². The lowest BCUT2D eigenvalue weighted by Gasteiger charge is -2.13. The molecule has 0 aliphatic rings. The van der Waals surface area contributed by atoms with Crippen LogP contribution in [0.25, 0.3) is 0 Å². The number of nitrogens with zero attached hydrogens (tertiary/aromatic N) is 1. The fourth-order valence-corrected chi connectivity index (χ4v) is 5.65. The number of nitrogens with one attached hydrogen (secondary N) is 1. The molecule has 2 aromatic heterocycles. The van der Waals surface area contributed by atoms with Gasteiger partial charge in [-0.05, 0) is 59.1 Å². The van der Waals surface area contributed by atoms with Crippen LogP contribution < -0.4 is 4.72 Å². The first-order chi connectivity index (χ1) is 12.3. The predicted octanol–water partition coefficient (Wildman–Crippen LogP) is 5.26. The SMILES string of the molecule is Cc1ccc(CC(C)c2sccc2S(=O)(=O)Nc2onc(C)c2Br)cc1. The normalized spacial score (nSPS) is 12.9. The van der Waals surface area contributed by atoms with E-state index in [0.717, 1.165) is 11.3 Å². The zero-order valence-corrected chi connectivity index (χ0v) is 17.8. The Morgan fingerprint density at radius 1 is 1.23 bits per heavy atom. The van der Waals surface area contributed by atoms with Gasteiger partial charge in [0.2, 0.25) is 0 Å². The van der Waals surface area contributed by atoms with Gasteiger partial charge in [-0.3, -0.25) is 0 Å². The number of benzene rings is 1. The highest BCUT2D eigenvalue weighted by Gasteiger charge is 2.26. The van der Waals surface area contributed by atoms with Crippen LogP contribution in [-0.4, -0.2) is 13.6 Å². The third-order valence-corrected chi connectivity index (χ3v) is 7.68. The van der Waals surface area contributed by atoms with Crippen LogP contribution >= 0.6 is 27.3 Å². The van der Waals surface area contributed by atoms with Gasteiger partial charge in [0.1, 0.15) is 9.37 Å². The lowest BCUT2D eigenvalue weighted by molar-refractivity contribution is 0.430. The maximum absolute atomic E-state index is 12.8. The van der Waals surface area contributed by atoms with Gasteiger partial charge in [-0.2, -0.15) is 0 Å². The quantitative estimate of drug-likeness (QED) is 0.550. The van der Waals surface area contributed by atoms with Gasteiger partial charge >= 0.3 is 0 Å². The van der Waals surface area contributed by atoms with Crippen molar-refractivity contribution >= 4 is 43.2 Å². The van der Waals surface area contributed by atoms with Crippen molar-refractivity contribution in [3.05, 3.63) is 61.9 Å². The van der Waals surface area contributed by atoms with Crippen molar-refractivity contribution < 1.29 is 12.9 Å². The minimum absolute atomic E-state index is 0.0733. The summed E-state index contributed by atoms with van der Waals surface area (Å²) in [4.78, 5) is 1.11. The number of rotatable bonds is 6. The second-order valence-electron chi connectivity index (χ2n) is 6.26. The zero-order valence-electron chi connectivity index (χ0n) is 14.6. The lowest BCUT2D eigenvalue weighted by Crippen LogP contribution is -2.14. The number of aromatic nitrogens is 1. The molecule has 0 fully saturated rings. The Morgan fingerprint density at radius 2 is 1.92 bits per heavy atom. The van der Waals surface area contributed by atoms with Gasteiger partial charge in [-0.1, -0.05) is 41.9 Å². The highest BCUT2D eigenvalue weighted by Crippen LogP contribution is 2.34. The summed E-state index contributed by atoms with van der Waals surface area (Å²) < 4.78 is 33.7. The number of hydrogen-bond acceptors (Lipinski definition) is 5. The molecule has 8 heteroatoms. The first kappa shape index (κ1) is 19.1. The Balaban J connectivity index is 1.84. The van der Waals surface area contributed by atoms with Crippen molar-refractivity contribution in [2.75, 3.05) is 4.72 Å². The number of aryl methyl sites for hydroxylation is 2. The monoisotopic (exact) mass is 454 g/mol. The lowest BCUT2D eigenvalue weighted by atomic mass is 9.99. The van der Waals surface area contributed by atoms with Gasteiger partial charge in [0.25, 0.3) is 15.9 Å². The molecule has 2 heterocycles. The Labute approximate surface area is 165 Å². The molecule has 26 heavy (non-hydrogen) atoms. The zero-order chi connectivity index (χ0) is 18.9. The van der Waals surface area contributed by atoms with E-state index in [9.17, 15) is 8.42 Å². The van der Waals surface area contributed by atoms with E-state index in [4.69, 9.17) is 4.52 Å². The molecule has 138 valence electrons. The number of hydrogen-bond donors (Lipinski definition) is 1. The maximum Gasteiger partial charge on any atom is 0.265 e. The van der Waals surface area contributed by atoms with E-state index >= 15 is 0 Å². The summed E-state index contributed by atoms with van der Waals surface area (Å²) in [6, 6.07) is 9.94. The van der Waals surface area contributed by atoms with Gasteiger partial charge in [-0.25, -0.2) is 13.1 Å². The van der Waals surface area contributed by atoms with Crippen molar-refractivity contribution in [1.82, 2.24) is 5.16 Å². The fraction of sp³-hybridized carbons (Fsp3) is 0.278. The van der Waals surface area contributed by atoms with E-state index in [1.807, 2.05) is 13.8 Å². The Kier molecular flexibility index (Phi) is 5.55. The standard InChI is InChI=1S/C18H19BrN2O3S2/c1-11-4-6-14(7-5-11)10-12(2)17-15(8-9-25-17)26(22,23)21-18-16(19)13(3)20-24-18/h4-9,12,21H,10H2,1-3H3. The van der Waals surface area contributed by atoms with Crippen molar-refractivity contribution in [3.8, 4) is 0 Å². The minimum Gasteiger partial charge on any atom is -0.336 e. The van der Waals surface area contributed by atoms with Crippen LogP contribution in [0.1, 0.15) is 34.5 Å². The summed E-state index contributed by atoms with van der Waals surface area (Å²) in [5.41, 5.74) is 2.97.